The molecular weight excluding hydrogens is 789 g/mol. The van der Waals surface area contributed by atoms with Crippen LogP contribution in [-0.4, -0.2) is 93.4 Å². The molecule has 0 aromatic heterocycles. The Balaban J connectivity index is 0.00000642. The van der Waals surface area contributed by atoms with Crippen molar-refractivity contribution in [2.24, 2.45) is 5.92 Å². The van der Waals surface area contributed by atoms with E-state index in [4.69, 9.17) is 14.6 Å². The topological polar surface area (TPSA) is 119 Å². The number of rotatable bonds is 43. The number of unbranched alkanes of at least 4 members (excludes halogenated alkanes) is 23. The second kappa shape index (κ2) is 42.2. The second-order valence-corrected chi connectivity index (χ2v) is 18.9. The van der Waals surface area contributed by atoms with Gasteiger partial charge in [0.25, 0.3) is 17.3 Å². The first-order chi connectivity index (χ1) is 30.8. The number of piperazine rings is 1. The molecule has 1 fully saturated rings. The van der Waals surface area contributed by atoms with Crippen LogP contribution in [0.2, 0.25) is 0 Å². The van der Waals surface area contributed by atoms with Crippen LogP contribution in [0.15, 0.2) is 9.59 Å². The van der Waals surface area contributed by atoms with E-state index >= 15 is 0 Å². The molecule has 1 atom stereocenters. The minimum absolute atomic E-state index is 0.0223. The standard InChI is InChI=1S/C52H98N4O4.CH2O2/c1-5-8-11-14-16-25-32-46-60-48(57)37-29-22-18-24-31-40-55(41-33-38-53-49-50(52(59)51(49)58)56-44-42-54(4)43-45-56)39-30-23-17-21-28-36-47(34-26-19-13-10-7-3)35-27-20-15-12-9-6-2;2-1-3/h47,53H,5-46H2,1-4H3;1H,(H,2,3). The summed E-state index contributed by atoms with van der Waals surface area (Å²) in [7, 11) is 2.10. The van der Waals surface area contributed by atoms with Crippen molar-refractivity contribution in [3.05, 3.63) is 20.4 Å². The summed E-state index contributed by atoms with van der Waals surface area (Å²) in [6.07, 6.45) is 42.2. The SMILES string of the molecule is CCCCCCCCCOC(=O)CCCCCCCN(CCCCCCCC(CCCCCCC)CCCCCCCC)CCCNc1c(N2CCN(C)CC2)c(=O)c1=O.O=CO. The van der Waals surface area contributed by atoms with Crippen molar-refractivity contribution in [2.45, 2.75) is 233 Å². The van der Waals surface area contributed by atoms with Gasteiger partial charge in [0, 0.05) is 39.1 Å². The van der Waals surface area contributed by atoms with E-state index in [2.05, 4.69) is 47.8 Å². The number of anilines is 2. The number of nitrogens with zero attached hydrogens (tertiary/aromatic N) is 3. The Labute approximate surface area is 387 Å². The molecule has 1 aliphatic rings. The Morgan fingerprint density at radius 1 is 0.603 bits per heavy atom. The smallest absolute Gasteiger partial charge is 0.305 e. The summed E-state index contributed by atoms with van der Waals surface area (Å²) in [5.74, 6) is 0.920. The molecule has 1 aromatic carbocycles. The van der Waals surface area contributed by atoms with Crippen LogP contribution in [0.1, 0.15) is 233 Å². The van der Waals surface area contributed by atoms with Gasteiger partial charge in [0.1, 0.15) is 11.4 Å². The van der Waals surface area contributed by atoms with Gasteiger partial charge in [-0.2, -0.15) is 0 Å². The lowest BCUT2D eigenvalue weighted by molar-refractivity contribution is -0.143. The fourth-order valence-electron chi connectivity index (χ4n) is 9.16. The zero-order valence-corrected chi connectivity index (χ0v) is 41.7. The summed E-state index contributed by atoms with van der Waals surface area (Å²) in [6, 6.07) is 0. The average molecular weight is 889 g/mol. The fraction of sp³-hybridized carbons (Fsp3) is 0.887. The zero-order valence-electron chi connectivity index (χ0n) is 41.7. The van der Waals surface area contributed by atoms with E-state index in [1.807, 2.05) is 0 Å². The second-order valence-electron chi connectivity index (χ2n) is 18.9. The van der Waals surface area contributed by atoms with E-state index in [1.165, 1.54) is 180 Å². The van der Waals surface area contributed by atoms with Gasteiger partial charge in [-0.05, 0) is 64.7 Å². The Morgan fingerprint density at radius 3 is 1.51 bits per heavy atom. The van der Waals surface area contributed by atoms with Gasteiger partial charge in [0.05, 0.1) is 6.61 Å². The van der Waals surface area contributed by atoms with Crippen LogP contribution < -0.4 is 21.1 Å². The van der Waals surface area contributed by atoms with Crippen LogP contribution in [0.25, 0.3) is 0 Å². The molecule has 0 saturated carbocycles. The molecule has 1 aliphatic heterocycles. The lowest BCUT2D eigenvalue weighted by Crippen LogP contribution is -2.50. The van der Waals surface area contributed by atoms with Crippen molar-refractivity contribution in [2.75, 3.05) is 76.2 Å². The number of carbonyl (C=O) groups is 2. The minimum atomic E-state index is -0.345. The maximum Gasteiger partial charge on any atom is 0.305 e. The van der Waals surface area contributed by atoms with Gasteiger partial charge in [-0.1, -0.05) is 194 Å². The molecule has 0 amide bonds. The van der Waals surface area contributed by atoms with E-state index < -0.39 is 0 Å². The molecule has 1 aromatic rings. The molecule has 0 aliphatic carbocycles. The number of likely N-dealkylation sites (N-methyl/N-ethyl adjacent to an activating group) is 1. The molecule has 368 valence electrons. The summed E-state index contributed by atoms with van der Waals surface area (Å²) in [4.78, 5) is 52.6. The van der Waals surface area contributed by atoms with Crippen LogP contribution in [0.5, 0.6) is 0 Å². The van der Waals surface area contributed by atoms with Gasteiger partial charge in [-0.15, -0.1) is 0 Å². The van der Waals surface area contributed by atoms with E-state index in [0.717, 1.165) is 84.0 Å². The summed E-state index contributed by atoms with van der Waals surface area (Å²) in [5, 5.41) is 10.3. The highest BCUT2D eigenvalue weighted by Gasteiger charge is 2.27. The average Bonchev–Trinajstić information content (AvgIpc) is 3.28. The van der Waals surface area contributed by atoms with Gasteiger partial charge in [-0.25, -0.2) is 0 Å². The van der Waals surface area contributed by atoms with Gasteiger partial charge < -0.3 is 29.9 Å². The largest absolute Gasteiger partial charge is 0.483 e. The minimum Gasteiger partial charge on any atom is -0.483 e. The van der Waals surface area contributed by atoms with Crippen molar-refractivity contribution in [3.63, 3.8) is 0 Å². The van der Waals surface area contributed by atoms with E-state index in [-0.39, 0.29) is 23.3 Å². The Kier molecular flexibility index (Phi) is 39.2. The first kappa shape index (κ1) is 58.6. The monoisotopic (exact) mass is 889 g/mol. The quantitative estimate of drug-likeness (QED) is 0.0284. The van der Waals surface area contributed by atoms with Gasteiger partial charge in [-0.3, -0.25) is 19.2 Å². The predicted molar refractivity (Wildman–Crippen MR) is 269 cm³/mol. The summed E-state index contributed by atoms with van der Waals surface area (Å²) in [6.45, 7) is 14.6. The van der Waals surface area contributed by atoms with Crippen molar-refractivity contribution < 1.29 is 19.4 Å². The Morgan fingerprint density at radius 2 is 1.02 bits per heavy atom. The summed E-state index contributed by atoms with van der Waals surface area (Å²) < 4.78 is 5.49. The number of hydrogen-bond acceptors (Lipinski definition) is 9. The third-order valence-electron chi connectivity index (χ3n) is 13.3. The number of nitrogens with one attached hydrogen (secondary N) is 1. The molecular formula is C53H100N4O6. The third kappa shape index (κ3) is 31.2. The molecule has 10 heteroatoms. The molecule has 63 heavy (non-hydrogen) atoms. The predicted octanol–water partition coefficient (Wildman–Crippen LogP) is 12.5. The number of carboxylic acid groups (broad SMARTS) is 1. The van der Waals surface area contributed by atoms with Crippen molar-refractivity contribution in [1.82, 2.24) is 9.80 Å². The van der Waals surface area contributed by atoms with Crippen molar-refractivity contribution >= 4 is 23.8 Å². The van der Waals surface area contributed by atoms with Gasteiger partial charge in [0.15, 0.2) is 0 Å². The lowest BCUT2D eigenvalue weighted by atomic mass is 9.89. The molecule has 1 heterocycles. The normalized spacial score (nSPS) is 13.6. The Hall–Kier alpha value is -2.46. The molecule has 1 saturated heterocycles. The summed E-state index contributed by atoms with van der Waals surface area (Å²) >= 11 is 0. The molecule has 10 nitrogen and oxygen atoms in total. The maximum atomic E-state index is 12.5. The lowest BCUT2D eigenvalue weighted by Gasteiger charge is -2.35. The number of hydrogen-bond donors (Lipinski definition) is 2. The molecule has 2 N–H and O–H groups in total. The molecule has 2 rings (SSSR count). The van der Waals surface area contributed by atoms with Crippen LogP contribution in [0.3, 0.4) is 0 Å². The van der Waals surface area contributed by atoms with Gasteiger partial charge in [0.2, 0.25) is 0 Å². The van der Waals surface area contributed by atoms with Crippen LogP contribution in [0.4, 0.5) is 11.4 Å². The van der Waals surface area contributed by atoms with Crippen LogP contribution >= 0.6 is 0 Å². The Bertz CT molecular complexity index is 1260. The first-order valence-electron chi connectivity index (χ1n) is 26.8. The number of ether oxygens (including phenoxy) is 1. The van der Waals surface area contributed by atoms with Crippen molar-refractivity contribution in [1.29, 1.82) is 0 Å². The highest BCUT2D eigenvalue weighted by atomic mass is 16.5. The van der Waals surface area contributed by atoms with Crippen LogP contribution in [-0.2, 0) is 14.3 Å². The fourth-order valence-corrected chi connectivity index (χ4v) is 9.16. The van der Waals surface area contributed by atoms with Crippen molar-refractivity contribution in [3.8, 4) is 0 Å². The molecule has 0 spiro atoms. The van der Waals surface area contributed by atoms with Crippen LogP contribution in [0, 0.1) is 5.92 Å². The highest BCUT2D eigenvalue weighted by Crippen LogP contribution is 2.25. The van der Waals surface area contributed by atoms with E-state index in [1.54, 1.807) is 0 Å². The van der Waals surface area contributed by atoms with Gasteiger partial charge >= 0.3 is 5.97 Å². The molecule has 1 unspecified atom stereocenters. The van der Waals surface area contributed by atoms with E-state index in [9.17, 15) is 14.4 Å². The highest BCUT2D eigenvalue weighted by molar-refractivity contribution is 5.75. The third-order valence-corrected chi connectivity index (χ3v) is 13.3. The zero-order chi connectivity index (χ0) is 46.0. The first-order valence-corrected chi connectivity index (χ1v) is 26.8. The maximum absolute atomic E-state index is 12.5. The molecule has 0 radical (unpaired) electrons. The molecule has 0 bridgehead atoms. The number of carbonyl (C=O) groups excluding carboxylic acids is 1. The summed E-state index contributed by atoms with van der Waals surface area (Å²) in [5.41, 5.74) is 0.498. The number of esters is 1. The van der Waals surface area contributed by atoms with E-state index in [0.29, 0.717) is 24.4 Å².